The van der Waals surface area contributed by atoms with Crippen molar-refractivity contribution in [2.24, 2.45) is 0 Å². The number of fused-ring (bicyclic) bond motifs is 1. The Balaban J connectivity index is 1.49. The van der Waals surface area contributed by atoms with Gasteiger partial charge in [0.05, 0.1) is 18.7 Å². The monoisotopic (exact) mass is 457 g/mol. The predicted octanol–water partition coefficient (Wildman–Crippen LogP) is 4.16. The summed E-state index contributed by atoms with van der Waals surface area (Å²) in [6, 6.07) is 16.3. The molecular formula is C25H20FN5O3. The number of halogens is 1. The number of aromatic nitrogens is 3. The summed E-state index contributed by atoms with van der Waals surface area (Å²) in [6.07, 6.45) is 3.37. The zero-order chi connectivity index (χ0) is 23.7. The van der Waals surface area contributed by atoms with Crippen LogP contribution in [0.15, 0.2) is 73.1 Å². The quantitative estimate of drug-likeness (QED) is 0.366. The van der Waals surface area contributed by atoms with Gasteiger partial charge in [-0.25, -0.2) is 14.1 Å². The number of hydrogen-bond donors (Lipinski definition) is 1. The van der Waals surface area contributed by atoms with E-state index < -0.39 is 5.97 Å². The molecule has 1 N–H and O–H groups in total. The number of nitrogens with one attached hydrogen (secondary N) is 1. The van der Waals surface area contributed by atoms with Crippen molar-refractivity contribution in [2.45, 2.75) is 13.5 Å². The Bertz CT molecular complexity index is 1350. The average molecular weight is 457 g/mol. The van der Waals surface area contributed by atoms with Crippen LogP contribution in [-0.2, 0) is 11.3 Å². The topological polar surface area (TPSA) is 89.4 Å². The lowest BCUT2D eigenvalue weighted by atomic mass is 10.0. The second kappa shape index (κ2) is 8.78. The lowest BCUT2D eigenvalue weighted by Crippen LogP contribution is -2.43. The first-order valence-electron chi connectivity index (χ1n) is 10.6. The fourth-order valence-electron chi connectivity index (χ4n) is 3.86. The normalized spacial score (nSPS) is 12.6. The summed E-state index contributed by atoms with van der Waals surface area (Å²) in [5.41, 5.74) is 6.75. The Kier molecular flexibility index (Phi) is 5.51. The third-order valence-corrected chi connectivity index (χ3v) is 5.42. The molecule has 0 bridgehead atoms. The van der Waals surface area contributed by atoms with E-state index >= 15 is 0 Å². The molecule has 0 saturated carbocycles. The Morgan fingerprint density at radius 1 is 0.941 bits per heavy atom. The number of esters is 1. The number of rotatable bonds is 4. The van der Waals surface area contributed by atoms with Crippen LogP contribution in [0.3, 0.4) is 0 Å². The van der Waals surface area contributed by atoms with E-state index in [0.717, 1.165) is 16.7 Å². The number of hydrazine groups is 1. The fraction of sp³-hybridized carbons (Fsp3) is 0.120. The molecule has 5 rings (SSSR count). The summed E-state index contributed by atoms with van der Waals surface area (Å²) in [6.45, 7) is 2.18. The minimum absolute atomic E-state index is 0.231. The van der Waals surface area contributed by atoms with Crippen LogP contribution in [0.5, 0.6) is 5.75 Å². The number of ether oxygens (including phenoxy) is 1. The van der Waals surface area contributed by atoms with Gasteiger partial charge < -0.3 is 4.74 Å². The van der Waals surface area contributed by atoms with E-state index in [2.05, 4.69) is 10.4 Å². The SMILES string of the molecule is CC(=O)Oc1ccc(C(=O)N2CCn3nc(-c4ccc(F)cc4)c(-c4ccncc4)c3N2)cc1. The van der Waals surface area contributed by atoms with Gasteiger partial charge in [-0.15, -0.1) is 0 Å². The molecule has 0 aliphatic carbocycles. The highest BCUT2D eigenvalue weighted by atomic mass is 19.1. The molecular weight excluding hydrogens is 437 g/mol. The van der Waals surface area contributed by atoms with Crippen molar-refractivity contribution < 1.29 is 18.7 Å². The number of amides is 1. The molecule has 34 heavy (non-hydrogen) atoms. The van der Waals surface area contributed by atoms with Crippen LogP contribution in [0.2, 0.25) is 0 Å². The Labute approximate surface area is 194 Å². The summed E-state index contributed by atoms with van der Waals surface area (Å²) in [5, 5.41) is 6.28. The summed E-state index contributed by atoms with van der Waals surface area (Å²) in [5.74, 6) is 0.0450. The molecule has 0 atom stereocenters. The summed E-state index contributed by atoms with van der Waals surface area (Å²) in [7, 11) is 0. The second-order valence-electron chi connectivity index (χ2n) is 7.72. The molecule has 1 aliphatic heterocycles. The second-order valence-corrected chi connectivity index (χ2v) is 7.72. The Morgan fingerprint density at radius 2 is 1.65 bits per heavy atom. The Morgan fingerprint density at radius 3 is 2.32 bits per heavy atom. The summed E-state index contributed by atoms with van der Waals surface area (Å²) >= 11 is 0. The van der Waals surface area contributed by atoms with Crippen LogP contribution in [0.25, 0.3) is 22.4 Å². The zero-order valence-electron chi connectivity index (χ0n) is 18.2. The van der Waals surface area contributed by atoms with Crippen LogP contribution in [0.4, 0.5) is 10.2 Å². The van der Waals surface area contributed by atoms with E-state index in [9.17, 15) is 14.0 Å². The third kappa shape index (κ3) is 4.11. The van der Waals surface area contributed by atoms with Crippen LogP contribution < -0.4 is 10.2 Å². The third-order valence-electron chi connectivity index (χ3n) is 5.42. The molecule has 1 aliphatic rings. The molecule has 3 heterocycles. The van der Waals surface area contributed by atoms with Crippen molar-refractivity contribution in [1.29, 1.82) is 0 Å². The Hall–Kier alpha value is -4.53. The van der Waals surface area contributed by atoms with Crippen molar-refractivity contribution in [3.8, 4) is 28.1 Å². The van der Waals surface area contributed by atoms with Gasteiger partial charge in [-0.2, -0.15) is 5.10 Å². The lowest BCUT2D eigenvalue weighted by Gasteiger charge is -2.30. The summed E-state index contributed by atoms with van der Waals surface area (Å²) < 4.78 is 20.4. The smallest absolute Gasteiger partial charge is 0.308 e. The molecule has 4 aromatic rings. The number of anilines is 1. The van der Waals surface area contributed by atoms with Gasteiger partial charge in [0.2, 0.25) is 0 Å². The molecule has 2 aromatic carbocycles. The van der Waals surface area contributed by atoms with Crippen molar-refractivity contribution >= 4 is 17.7 Å². The number of hydrogen-bond acceptors (Lipinski definition) is 6. The minimum atomic E-state index is -0.425. The largest absolute Gasteiger partial charge is 0.427 e. The van der Waals surface area contributed by atoms with Crippen LogP contribution in [0, 0.1) is 5.82 Å². The molecule has 0 radical (unpaired) electrons. The number of carbonyl (C=O) groups excluding carboxylic acids is 2. The van der Waals surface area contributed by atoms with Crippen molar-refractivity contribution in [3.05, 3.63) is 84.4 Å². The molecule has 2 aromatic heterocycles. The van der Waals surface area contributed by atoms with E-state index in [-0.39, 0.29) is 11.7 Å². The highest BCUT2D eigenvalue weighted by Gasteiger charge is 2.28. The molecule has 0 saturated heterocycles. The van der Waals surface area contributed by atoms with E-state index in [1.54, 1.807) is 48.8 Å². The van der Waals surface area contributed by atoms with Gasteiger partial charge in [-0.1, -0.05) is 0 Å². The highest BCUT2D eigenvalue weighted by Crippen LogP contribution is 2.39. The molecule has 0 fully saturated rings. The van der Waals surface area contributed by atoms with Crippen LogP contribution in [-0.4, -0.2) is 38.2 Å². The van der Waals surface area contributed by atoms with Gasteiger partial charge in [0.25, 0.3) is 5.91 Å². The summed E-state index contributed by atoms with van der Waals surface area (Å²) in [4.78, 5) is 28.4. The van der Waals surface area contributed by atoms with Crippen molar-refractivity contribution in [1.82, 2.24) is 19.8 Å². The first kappa shape index (κ1) is 21.3. The molecule has 0 unspecified atom stereocenters. The predicted molar refractivity (Wildman–Crippen MR) is 123 cm³/mol. The van der Waals surface area contributed by atoms with Crippen molar-refractivity contribution in [3.63, 3.8) is 0 Å². The maximum absolute atomic E-state index is 13.5. The number of pyridine rings is 1. The number of benzene rings is 2. The van der Waals surface area contributed by atoms with Crippen LogP contribution >= 0.6 is 0 Å². The minimum Gasteiger partial charge on any atom is -0.427 e. The molecule has 170 valence electrons. The standard InChI is InChI=1S/C25H20FN5O3/c1-16(32)34-21-8-4-19(5-9-21)25(33)31-15-14-30-24(29-31)22(17-10-12-27-13-11-17)23(28-30)18-2-6-20(26)7-3-18/h2-13,29H,14-15H2,1H3. The molecule has 0 spiro atoms. The highest BCUT2D eigenvalue weighted by molar-refractivity contribution is 5.96. The number of nitrogens with zero attached hydrogens (tertiary/aromatic N) is 4. The maximum Gasteiger partial charge on any atom is 0.308 e. The number of carbonyl (C=O) groups is 2. The van der Waals surface area contributed by atoms with Gasteiger partial charge in [0.15, 0.2) is 5.82 Å². The zero-order valence-corrected chi connectivity index (χ0v) is 18.2. The maximum atomic E-state index is 13.5. The van der Waals surface area contributed by atoms with E-state index in [0.29, 0.717) is 35.9 Å². The van der Waals surface area contributed by atoms with E-state index in [1.165, 1.54) is 24.1 Å². The fourth-order valence-corrected chi connectivity index (χ4v) is 3.86. The molecule has 8 nitrogen and oxygen atoms in total. The molecule has 9 heteroatoms. The van der Waals surface area contributed by atoms with Crippen molar-refractivity contribution in [2.75, 3.05) is 12.0 Å². The first-order chi connectivity index (χ1) is 16.5. The van der Waals surface area contributed by atoms with E-state index in [1.807, 2.05) is 16.8 Å². The lowest BCUT2D eigenvalue weighted by molar-refractivity contribution is -0.131. The van der Waals surface area contributed by atoms with Gasteiger partial charge in [0.1, 0.15) is 17.3 Å². The van der Waals surface area contributed by atoms with Gasteiger partial charge in [-0.05, 0) is 66.2 Å². The van der Waals surface area contributed by atoms with Gasteiger partial charge >= 0.3 is 5.97 Å². The van der Waals surface area contributed by atoms with Gasteiger partial charge in [-0.3, -0.25) is 20.0 Å². The van der Waals surface area contributed by atoms with E-state index in [4.69, 9.17) is 9.84 Å². The van der Waals surface area contributed by atoms with Gasteiger partial charge in [0, 0.05) is 30.4 Å². The molecule has 1 amide bonds. The van der Waals surface area contributed by atoms with Crippen LogP contribution in [0.1, 0.15) is 17.3 Å². The first-order valence-corrected chi connectivity index (χ1v) is 10.6. The average Bonchev–Trinajstić information content (AvgIpc) is 3.23.